The highest BCUT2D eigenvalue weighted by atomic mass is 16.7. The van der Waals surface area contributed by atoms with E-state index in [2.05, 4.69) is 17.5 Å². The standard InChI is InChI=1S/C46H58N2O22/c1-18(2)8-5-9-19(3)10-6-11-20(4)14-15-48-23-16-21(65-44-34(55)28(49)31(52)37(68-44)41(59)60)17-25(67-46-36(57)30(51)33(54)39(70-46)43(63)64)27(23)47-26-22(40(48)58)12-7-13-24(26)66-45-35(56)29(50)32(53)38(69-45)42(61)62/h7-8,10,12-14,16-17,28-39,44-47,49-57H,5-6,9,11,15H2,1-4H3,(H,59,60)(H,61,62)(H,63,64)/b19-10+,20-14+/t28-,29+,30-,31-,32+,33-,34+,35-,36+,37-,38+,39-,44-,45+,46-/m1/s1. The normalized spacial score (nSPS) is 32.4. The van der Waals surface area contributed by atoms with E-state index in [0.29, 0.717) is 12.8 Å². The van der Waals surface area contributed by atoms with Gasteiger partial charge in [-0.1, -0.05) is 41.0 Å². The number of carboxylic acid groups (broad SMARTS) is 3. The van der Waals surface area contributed by atoms with Crippen LogP contribution in [0.1, 0.15) is 63.7 Å². The van der Waals surface area contributed by atoms with Gasteiger partial charge in [0.1, 0.15) is 72.1 Å². The van der Waals surface area contributed by atoms with Crippen molar-refractivity contribution in [3.05, 3.63) is 70.8 Å². The number of carboxylic acids is 3. The number of hydrogen-bond donors (Lipinski definition) is 13. The van der Waals surface area contributed by atoms with E-state index in [9.17, 15) is 75.7 Å². The lowest BCUT2D eigenvalue weighted by atomic mass is 9.99. The summed E-state index contributed by atoms with van der Waals surface area (Å²) in [6.45, 7) is 7.66. The van der Waals surface area contributed by atoms with Crippen molar-refractivity contribution in [2.24, 2.45) is 0 Å². The van der Waals surface area contributed by atoms with Crippen LogP contribution in [0.15, 0.2) is 65.3 Å². The zero-order chi connectivity index (χ0) is 51.5. The molecule has 3 fully saturated rings. The van der Waals surface area contributed by atoms with Crippen LogP contribution in [-0.4, -0.2) is 184 Å². The molecule has 70 heavy (non-hydrogen) atoms. The number of rotatable bonds is 17. The zero-order valence-electron chi connectivity index (χ0n) is 38.2. The first-order chi connectivity index (χ1) is 33.0. The fourth-order valence-electron chi connectivity index (χ4n) is 7.99. The van der Waals surface area contributed by atoms with Crippen LogP contribution in [0, 0.1) is 0 Å². The molecule has 3 saturated heterocycles. The molecule has 13 N–H and O–H groups in total. The predicted molar refractivity (Wildman–Crippen MR) is 238 cm³/mol. The minimum absolute atomic E-state index is 0.168. The van der Waals surface area contributed by atoms with Crippen molar-refractivity contribution in [2.75, 3.05) is 16.8 Å². The summed E-state index contributed by atoms with van der Waals surface area (Å²) in [5.74, 6) is -7.28. The summed E-state index contributed by atoms with van der Waals surface area (Å²) in [6, 6.07) is 6.15. The van der Waals surface area contributed by atoms with Gasteiger partial charge in [0.25, 0.3) is 5.91 Å². The Morgan fingerprint density at radius 1 is 0.586 bits per heavy atom. The number of ether oxygens (including phenoxy) is 6. The largest absolute Gasteiger partial charge is 0.479 e. The lowest BCUT2D eigenvalue weighted by Crippen LogP contribution is -2.61. The highest BCUT2D eigenvalue weighted by molar-refractivity contribution is 6.15. The van der Waals surface area contributed by atoms with Gasteiger partial charge in [0.05, 0.1) is 16.9 Å². The average Bonchev–Trinajstić information content (AvgIpc) is 3.41. The average molecular weight is 991 g/mol. The molecule has 0 saturated carbocycles. The summed E-state index contributed by atoms with van der Waals surface area (Å²) in [6.07, 6.45) is -22.7. The Morgan fingerprint density at radius 2 is 1.04 bits per heavy atom. The van der Waals surface area contributed by atoms with Gasteiger partial charge < -0.3 is 99.9 Å². The van der Waals surface area contributed by atoms with E-state index in [1.165, 1.54) is 40.3 Å². The topological polar surface area (TPSA) is 382 Å². The van der Waals surface area contributed by atoms with Gasteiger partial charge in [-0.2, -0.15) is 0 Å². The number of aliphatic carboxylic acids is 3. The first-order valence-corrected chi connectivity index (χ1v) is 22.1. The van der Waals surface area contributed by atoms with Crippen LogP contribution in [0.3, 0.4) is 0 Å². The van der Waals surface area contributed by atoms with Gasteiger partial charge in [0.15, 0.2) is 24.1 Å². The highest BCUT2D eigenvalue weighted by Crippen LogP contribution is 2.48. The second-order valence-electron chi connectivity index (χ2n) is 17.6. The van der Waals surface area contributed by atoms with Crippen molar-refractivity contribution in [1.82, 2.24) is 0 Å². The molecule has 0 bridgehead atoms. The molecule has 24 heteroatoms. The summed E-state index contributed by atoms with van der Waals surface area (Å²) in [7, 11) is 0. The molecule has 0 aliphatic carbocycles. The monoisotopic (exact) mass is 990 g/mol. The number of fused-ring (bicyclic) bond motifs is 2. The van der Waals surface area contributed by atoms with Gasteiger partial charge in [0, 0.05) is 18.7 Å². The fraction of sp³-hybridized carbons (Fsp3) is 0.522. The lowest BCUT2D eigenvalue weighted by Gasteiger charge is -2.39. The lowest BCUT2D eigenvalue weighted by molar-refractivity contribution is -0.272. The Hall–Kier alpha value is -5.74. The molecule has 384 valence electrons. The minimum Gasteiger partial charge on any atom is -0.479 e. The SMILES string of the molecule is CC(C)=CCC/C(C)=C/CC/C(C)=C/CN1C(=O)c2cccc(O[C@H]3O[C@H](C(=O)O)[C@@H](O)[C@H](O)[C@H]3O)c2Nc2c(O[C@@H]3O[C@@H](C(=O)O)[C@H](O)[C@@H](O)[C@@H]3O)cc(O[C@@H]3O[C@@H](C(=O)O)[C@H](O)[C@@H](O)[C@@H]3O)cc21. The molecule has 0 radical (unpaired) electrons. The maximum Gasteiger partial charge on any atom is 0.335 e. The Balaban J connectivity index is 1.49. The molecule has 2 aromatic rings. The highest BCUT2D eigenvalue weighted by Gasteiger charge is 2.51. The summed E-state index contributed by atoms with van der Waals surface area (Å²) in [4.78, 5) is 52.2. The number of aliphatic hydroxyl groups excluding tert-OH is 9. The predicted octanol–water partition coefficient (Wildman–Crippen LogP) is -0.377. The number of para-hydroxylation sites is 1. The maximum atomic E-state index is 15.0. The van der Waals surface area contributed by atoms with Gasteiger partial charge in [-0.3, -0.25) is 4.79 Å². The molecular weight excluding hydrogens is 932 g/mol. The van der Waals surface area contributed by atoms with Gasteiger partial charge >= 0.3 is 17.9 Å². The third kappa shape index (κ3) is 11.7. The molecule has 4 heterocycles. The number of hydrogen-bond acceptors (Lipinski definition) is 20. The third-order valence-electron chi connectivity index (χ3n) is 12.0. The molecule has 2 aromatic carbocycles. The zero-order valence-corrected chi connectivity index (χ0v) is 38.2. The van der Waals surface area contributed by atoms with Crippen molar-refractivity contribution < 1.29 is 109 Å². The van der Waals surface area contributed by atoms with Crippen LogP contribution < -0.4 is 24.4 Å². The first kappa shape index (κ1) is 53.6. The number of carbonyl (C=O) groups is 4. The van der Waals surface area contributed by atoms with Crippen LogP contribution in [-0.2, 0) is 28.6 Å². The minimum atomic E-state index is -2.18. The fourth-order valence-corrected chi connectivity index (χ4v) is 7.99. The molecule has 15 atom stereocenters. The Kier molecular flexibility index (Phi) is 17.3. The first-order valence-electron chi connectivity index (χ1n) is 22.1. The molecule has 6 rings (SSSR count). The molecule has 4 aliphatic rings. The van der Waals surface area contributed by atoms with Crippen molar-refractivity contribution in [2.45, 2.75) is 145 Å². The Labute approximate surface area is 399 Å². The smallest absolute Gasteiger partial charge is 0.335 e. The molecule has 1 amide bonds. The number of amides is 1. The van der Waals surface area contributed by atoms with E-state index in [4.69, 9.17) is 28.4 Å². The van der Waals surface area contributed by atoms with Gasteiger partial charge in [-0.05, 0) is 65.5 Å². The van der Waals surface area contributed by atoms with Crippen LogP contribution in [0.25, 0.3) is 0 Å². The molecule has 4 aliphatic heterocycles. The maximum absolute atomic E-state index is 15.0. The summed E-state index contributed by atoms with van der Waals surface area (Å²) in [5.41, 5.74) is 2.38. The number of nitrogens with one attached hydrogen (secondary N) is 1. The number of allylic oxidation sites excluding steroid dienone is 5. The van der Waals surface area contributed by atoms with Gasteiger partial charge in [-0.15, -0.1) is 0 Å². The van der Waals surface area contributed by atoms with Crippen LogP contribution >= 0.6 is 0 Å². The van der Waals surface area contributed by atoms with Gasteiger partial charge in [-0.25, -0.2) is 14.4 Å². The van der Waals surface area contributed by atoms with E-state index in [1.54, 1.807) is 6.08 Å². The van der Waals surface area contributed by atoms with Crippen LogP contribution in [0.2, 0.25) is 0 Å². The van der Waals surface area contributed by atoms with E-state index < -0.39 is 127 Å². The van der Waals surface area contributed by atoms with Gasteiger partial charge in [0.2, 0.25) is 18.9 Å². The number of anilines is 3. The van der Waals surface area contributed by atoms with Crippen molar-refractivity contribution >= 4 is 40.9 Å². The van der Waals surface area contributed by atoms with E-state index in [1.807, 2.05) is 27.7 Å². The van der Waals surface area contributed by atoms with E-state index >= 15 is 4.79 Å². The molecule has 24 nitrogen and oxygen atoms in total. The number of nitrogens with zero attached hydrogens (tertiary/aromatic N) is 1. The summed E-state index contributed by atoms with van der Waals surface area (Å²) >= 11 is 0. The Bertz CT molecular complexity index is 2350. The second kappa shape index (κ2) is 22.6. The second-order valence-corrected chi connectivity index (χ2v) is 17.6. The van der Waals surface area contributed by atoms with Crippen molar-refractivity contribution in [3.8, 4) is 17.2 Å². The molecular formula is C46H58N2O22. The Morgan fingerprint density at radius 3 is 1.53 bits per heavy atom. The van der Waals surface area contributed by atoms with Crippen molar-refractivity contribution in [1.29, 1.82) is 0 Å². The number of carbonyl (C=O) groups excluding carboxylic acids is 1. The third-order valence-corrected chi connectivity index (χ3v) is 12.0. The molecule has 0 spiro atoms. The van der Waals surface area contributed by atoms with E-state index in [-0.39, 0.29) is 34.9 Å². The van der Waals surface area contributed by atoms with Crippen LogP contribution in [0.4, 0.5) is 17.1 Å². The molecule has 0 unspecified atom stereocenters. The number of aliphatic hydroxyl groups is 9. The quantitative estimate of drug-likeness (QED) is 0.0899. The van der Waals surface area contributed by atoms with Crippen LogP contribution in [0.5, 0.6) is 17.2 Å². The summed E-state index contributed by atoms with van der Waals surface area (Å²) in [5, 5.41) is 128. The number of benzene rings is 2. The van der Waals surface area contributed by atoms with Crippen molar-refractivity contribution in [3.63, 3.8) is 0 Å². The van der Waals surface area contributed by atoms with E-state index in [0.717, 1.165) is 24.5 Å². The molecule has 0 aromatic heterocycles. The summed E-state index contributed by atoms with van der Waals surface area (Å²) < 4.78 is 34.0.